The molecule has 2 atom stereocenters. The molecule has 1 aromatic carbocycles. The Morgan fingerprint density at radius 1 is 1.53 bits per heavy atom. The average molecular weight is 236 g/mol. The lowest BCUT2D eigenvalue weighted by Gasteiger charge is -2.18. The third kappa shape index (κ3) is 3.20. The highest BCUT2D eigenvalue weighted by Crippen LogP contribution is 2.28. The molecule has 2 unspecified atom stereocenters. The van der Waals surface area contributed by atoms with Gasteiger partial charge in [0.1, 0.15) is 11.9 Å². The average Bonchev–Trinajstić information content (AvgIpc) is 2.89. The summed E-state index contributed by atoms with van der Waals surface area (Å²) in [4.78, 5) is 0. The van der Waals surface area contributed by atoms with Crippen molar-refractivity contribution in [2.24, 2.45) is 0 Å². The Kier molecular flexibility index (Phi) is 4.40. The van der Waals surface area contributed by atoms with E-state index in [1.807, 2.05) is 24.3 Å². The van der Waals surface area contributed by atoms with Gasteiger partial charge in [-0.15, -0.1) is 0 Å². The maximum Gasteiger partial charge on any atom is 0.119 e. The van der Waals surface area contributed by atoms with Crippen molar-refractivity contribution in [3.63, 3.8) is 0 Å². The van der Waals surface area contributed by atoms with Crippen LogP contribution in [0.2, 0.25) is 0 Å². The first-order valence-corrected chi connectivity index (χ1v) is 6.33. The highest BCUT2D eigenvalue weighted by atomic mass is 16.5. The molecule has 0 saturated carbocycles. The third-order valence-corrected chi connectivity index (χ3v) is 2.99. The van der Waals surface area contributed by atoms with Gasteiger partial charge in [-0.25, -0.2) is 0 Å². The summed E-state index contributed by atoms with van der Waals surface area (Å²) in [6.45, 7) is 3.54. The molecule has 1 fully saturated rings. The van der Waals surface area contributed by atoms with E-state index in [-0.39, 0.29) is 6.10 Å². The van der Waals surface area contributed by atoms with Crippen molar-refractivity contribution in [2.45, 2.75) is 38.4 Å². The number of rotatable bonds is 5. The molecule has 2 rings (SSSR count). The molecule has 0 radical (unpaired) electrons. The Hall–Kier alpha value is -1.06. The minimum Gasteiger partial charge on any atom is -0.494 e. The number of ether oxygens (including phenoxy) is 2. The second-order valence-electron chi connectivity index (χ2n) is 4.42. The summed E-state index contributed by atoms with van der Waals surface area (Å²) < 4.78 is 11.1. The van der Waals surface area contributed by atoms with E-state index >= 15 is 0 Å². The van der Waals surface area contributed by atoms with E-state index < -0.39 is 6.10 Å². The molecular formula is C14H20O3. The summed E-state index contributed by atoms with van der Waals surface area (Å²) in [5, 5.41) is 10.2. The molecule has 1 N–H and O–H groups in total. The highest BCUT2D eigenvalue weighted by Gasteiger charge is 2.25. The number of aliphatic hydroxyl groups excluding tert-OH is 1. The zero-order valence-corrected chi connectivity index (χ0v) is 10.3. The number of aliphatic hydroxyl groups is 1. The molecule has 0 amide bonds. The number of benzene rings is 1. The van der Waals surface area contributed by atoms with Crippen molar-refractivity contribution in [3.8, 4) is 5.75 Å². The first kappa shape index (κ1) is 12.4. The van der Waals surface area contributed by atoms with Crippen LogP contribution in [0.3, 0.4) is 0 Å². The molecule has 3 nitrogen and oxygen atoms in total. The quantitative estimate of drug-likeness (QED) is 0.854. The van der Waals surface area contributed by atoms with Crippen molar-refractivity contribution in [3.05, 3.63) is 29.8 Å². The van der Waals surface area contributed by atoms with E-state index in [0.29, 0.717) is 6.61 Å². The van der Waals surface area contributed by atoms with E-state index in [0.717, 1.165) is 37.2 Å². The Labute approximate surface area is 102 Å². The Morgan fingerprint density at radius 3 is 3.12 bits per heavy atom. The summed E-state index contributed by atoms with van der Waals surface area (Å²) in [6.07, 6.45) is 2.35. The molecule has 0 aromatic heterocycles. The SMILES string of the molecule is CCCOc1cccc(C(O)C2CCCO2)c1. The fourth-order valence-electron chi connectivity index (χ4n) is 2.07. The normalized spacial score (nSPS) is 21.4. The summed E-state index contributed by atoms with van der Waals surface area (Å²) in [5.41, 5.74) is 0.880. The molecule has 94 valence electrons. The van der Waals surface area contributed by atoms with Gasteiger partial charge in [0.05, 0.1) is 12.7 Å². The van der Waals surface area contributed by atoms with Crippen LogP contribution in [0.5, 0.6) is 5.75 Å². The maximum absolute atomic E-state index is 10.2. The van der Waals surface area contributed by atoms with Crippen molar-refractivity contribution >= 4 is 0 Å². The van der Waals surface area contributed by atoms with Gasteiger partial charge < -0.3 is 14.6 Å². The largest absolute Gasteiger partial charge is 0.494 e. The Balaban J connectivity index is 2.03. The predicted octanol–water partition coefficient (Wildman–Crippen LogP) is 2.69. The Bertz CT molecular complexity index is 345. The molecule has 0 spiro atoms. The third-order valence-electron chi connectivity index (χ3n) is 2.99. The molecule has 1 aliphatic heterocycles. The standard InChI is InChI=1S/C14H20O3/c1-2-8-16-12-6-3-5-11(10-12)14(15)13-7-4-9-17-13/h3,5-6,10,13-15H,2,4,7-9H2,1H3. The summed E-state index contributed by atoms with van der Waals surface area (Å²) in [7, 11) is 0. The van der Waals surface area contributed by atoms with Crippen LogP contribution >= 0.6 is 0 Å². The van der Waals surface area contributed by atoms with Gasteiger partial charge in [-0.2, -0.15) is 0 Å². The van der Waals surface area contributed by atoms with Crippen LogP contribution in [0.25, 0.3) is 0 Å². The fourth-order valence-corrected chi connectivity index (χ4v) is 2.07. The van der Waals surface area contributed by atoms with E-state index in [1.165, 1.54) is 0 Å². The second-order valence-corrected chi connectivity index (χ2v) is 4.42. The molecule has 1 heterocycles. The van der Waals surface area contributed by atoms with Crippen LogP contribution < -0.4 is 4.74 Å². The van der Waals surface area contributed by atoms with Gasteiger partial charge in [-0.05, 0) is 37.0 Å². The maximum atomic E-state index is 10.2. The van der Waals surface area contributed by atoms with Crippen molar-refractivity contribution in [1.29, 1.82) is 0 Å². The van der Waals surface area contributed by atoms with Gasteiger partial charge >= 0.3 is 0 Å². The monoisotopic (exact) mass is 236 g/mol. The summed E-state index contributed by atoms with van der Waals surface area (Å²) in [5.74, 6) is 0.821. The highest BCUT2D eigenvalue weighted by molar-refractivity contribution is 5.30. The lowest BCUT2D eigenvalue weighted by atomic mass is 10.0. The van der Waals surface area contributed by atoms with Crippen molar-refractivity contribution in [1.82, 2.24) is 0 Å². The van der Waals surface area contributed by atoms with Crippen LogP contribution in [0.4, 0.5) is 0 Å². The zero-order chi connectivity index (χ0) is 12.1. The lowest BCUT2D eigenvalue weighted by Crippen LogP contribution is -2.17. The van der Waals surface area contributed by atoms with Crippen molar-refractivity contribution < 1.29 is 14.6 Å². The molecule has 0 aliphatic carbocycles. The molecule has 1 aromatic rings. The molecular weight excluding hydrogens is 216 g/mol. The number of hydrogen-bond donors (Lipinski definition) is 1. The predicted molar refractivity (Wildman–Crippen MR) is 66.2 cm³/mol. The van der Waals surface area contributed by atoms with Crippen LogP contribution in [-0.4, -0.2) is 24.4 Å². The van der Waals surface area contributed by atoms with Gasteiger partial charge in [0.15, 0.2) is 0 Å². The van der Waals surface area contributed by atoms with Crippen LogP contribution in [0, 0.1) is 0 Å². The Morgan fingerprint density at radius 2 is 2.41 bits per heavy atom. The van der Waals surface area contributed by atoms with Gasteiger partial charge in [-0.1, -0.05) is 19.1 Å². The van der Waals surface area contributed by atoms with Gasteiger partial charge in [0.25, 0.3) is 0 Å². The van der Waals surface area contributed by atoms with E-state index in [1.54, 1.807) is 0 Å². The first-order valence-electron chi connectivity index (χ1n) is 6.33. The first-order chi connectivity index (χ1) is 8.31. The second kappa shape index (κ2) is 6.03. The molecule has 3 heteroatoms. The smallest absolute Gasteiger partial charge is 0.119 e. The van der Waals surface area contributed by atoms with Gasteiger partial charge in [0, 0.05) is 6.61 Å². The lowest BCUT2D eigenvalue weighted by molar-refractivity contribution is -0.00268. The number of hydrogen-bond acceptors (Lipinski definition) is 3. The minimum atomic E-state index is -0.539. The van der Waals surface area contributed by atoms with Crippen molar-refractivity contribution in [2.75, 3.05) is 13.2 Å². The fraction of sp³-hybridized carbons (Fsp3) is 0.571. The van der Waals surface area contributed by atoms with Crippen LogP contribution in [-0.2, 0) is 4.74 Å². The van der Waals surface area contributed by atoms with Gasteiger partial charge in [-0.3, -0.25) is 0 Å². The summed E-state index contributed by atoms with van der Waals surface area (Å²) >= 11 is 0. The molecule has 1 aliphatic rings. The topological polar surface area (TPSA) is 38.7 Å². The van der Waals surface area contributed by atoms with E-state index in [4.69, 9.17) is 9.47 Å². The summed E-state index contributed by atoms with van der Waals surface area (Å²) in [6, 6.07) is 7.66. The van der Waals surface area contributed by atoms with Gasteiger partial charge in [0.2, 0.25) is 0 Å². The zero-order valence-electron chi connectivity index (χ0n) is 10.3. The minimum absolute atomic E-state index is 0.0589. The molecule has 1 saturated heterocycles. The molecule has 17 heavy (non-hydrogen) atoms. The van der Waals surface area contributed by atoms with Crippen LogP contribution in [0.1, 0.15) is 37.9 Å². The van der Waals surface area contributed by atoms with E-state index in [9.17, 15) is 5.11 Å². The van der Waals surface area contributed by atoms with Crippen LogP contribution in [0.15, 0.2) is 24.3 Å². The van der Waals surface area contributed by atoms with E-state index in [2.05, 4.69) is 6.92 Å². The molecule has 0 bridgehead atoms.